The van der Waals surface area contributed by atoms with Crippen LogP contribution in [0, 0.1) is 13.8 Å². The number of hydrogen-bond acceptors (Lipinski definition) is 3. The topological polar surface area (TPSA) is 41.9 Å². The Labute approximate surface area is 158 Å². The summed E-state index contributed by atoms with van der Waals surface area (Å²) < 4.78 is 29.1. The molecule has 2 rings (SSSR count). The van der Waals surface area contributed by atoms with Crippen LogP contribution < -0.4 is 4.74 Å². The minimum absolute atomic E-state index is 0.0490. The molecule has 0 spiro atoms. The van der Waals surface area contributed by atoms with E-state index in [2.05, 4.69) is 9.73 Å². The second-order valence-electron chi connectivity index (χ2n) is 6.40. The van der Waals surface area contributed by atoms with Crippen molar-refractivity contribution in [1.82, 2.24) is 4.90 Å². The molecule has 0 bridgehead atoms. The molecule has 4 nitrogen and oxygen atoms in total. The van der Waals surface area contributed by atoms with Crippen LogP contribution in [0.5, 0.6) is 5.75 Å². The molecule has 0 amide bonds. The number of hydrogen-bond donors (Lipinski definition) is 0. The molecule has 0 radical (unpaired) electrons. The van der Waals surface area contributed by atoms with Crippen molar-refractivity contribution in [2.75, 3.05) is 13.6 Å². The number of alkyl halides is 2. The van der Waals surface area contributed by atoms with E-state index in [9.17, 15) is 13.6 Å². The first-order valence-electron chi connectivity index (χ1n) is 8.72. The van der Waals surface area contributed by atoms with Crippen molar-refractivity contribution < 1.29 is 18.3 Å². The maximum Gasteiger partial charge on any atom is 0.387 e. The van der Waals surface area contributed by atoms with Gasteiger partial charge in [0, 0.05) is 25.6 Å². The Kier molecular flexibility index (Phi) is 7.05. The molecule has 0 aliphatic carbocycles. The molecule has 144 valence electrons. The van der Waals surface area contributed by atoms with E-state index in [4.69, 9.17) is 0 Å². The van der Waals surface area contributed by atoms with Gasteiger partial charge < -0.3 is 9.64 Å². The fourth-order valence-electron chi connectivity index (χ4n) is 2.60. The summed E-state index contributed by atoms with van der Waals surface area (Å²) in [5, 5.41) is 0. The van der Waals surface area contributed by atoms with Gasteiger partial charge in [-0.05, 0) is 61.7 Å². The number of ketones is 1. The van der Waals surface area contributed by atoms with E-state index in [1.165, 1.54) is 12.1 Å². The van der Waals surface area contributed by atoms with Gasteiger partial charge in [0.05, 0.1) is 12.0 Å². The van der Waals surface area contributed by atoms with E-state index < -0.39 is 6.61 Å². The highest BCUT2D eigenvalue weighted by Crippen LogP contribution is 2.25. The third-order valence-electron chi connectivity index (χ3n) is 4.22. The molecule has 0 unspecified atom stereocenters. The highest BCUT2D eigenvalue weighted by atomic mass is 19.3. The van der Waals surface area contributed by atoms with Gasteiger partial charge in [0.2, 0.25) is 0 Å². The molecule has 0 saturated heterocycles. The number of aliphatic imine (C=N–C) groups is 1. The van der Waals surface area contributed by atoms with Crippen LogP contribution in [0.15, 0.2) is 41.4 Å². The number of carbonyl (C=O) groups is 1. The van der Waals surface area contributed by atoms with E-state index in [1.54, 1.807) is 18.5 Å². The largest absolute Gasteiger partial charge is 0.435 e. The second-order valence-corrected chi connectivity index (χ2v) is 6.40. The van der Waals surface area contributed by atoms with E-state index in [-0.39, 0.29) is 18.0 Å². The maximum atomic E-state index is 12.7. The van der Waals surface area contributed by atoms with Crippen molar-refractivity contribution in [2.45, 2.75) is 33.8 Å². The Hall–Kier alpha value is -2.76. The van der Waals surface area contributed by atoms with Crippen molar-refractivity contribution in [3.05, 3.63) is 58.7 Å². The summed E-state index contributed by atoms with van der Waals surface area (Å²) in [6.07, 6.45) is 1.87. The van der Waals surface area contributed by atoms with Gasteiger partial charge in [-0.1, -0.05) is 12.1 Å². The number of carbonyl (C=O) groups excluding carboxylic acids is 1. The second kappa shape index (κ2) is 9.26. The van der Waals surface area contributed by atoms with Gasteiger partial charge in [0.1, 0.15) is 5.75 Å². The van der Waals surface area contributed by atoms with Gasteiger partial charge in [-0.3, -0.25) is 4.79 Å². The zero-order valence-electron chi connectivity index (χ0n) is 16.0. The fourth-order valence-corrected chi connectivity index (χ4v) is 2.60. The Morgan fingerprint density at radius 2 is 1.96 bits per heavy atom. The monoisotopic (exact) mass is 374 g/mol. The Morgan fingerprint density at radius 1 is 1.22 bits per heavy atom. The molecule has 0 aromatic heterocycles. The minimum atomic E-state index is -2.89. The average molecular weight is 374 g/mol. The smallest absolute Gasteiger partial charge is 0.387 e. The number of ether oxygens (including phenoxy) is 1. The lowest BCUT2D eigenvalue weighted by Gasteiger charge is -2.12. The zero-order valence-corrected chi connectivity index (χ0v) is 16.0. The molecule has 0 aliphatic heterocycles. The first-order valence-corrected chi connectivity index (χ1v) is 8.72. The van der Waals surface area contributed by atoms with Gasteiger partial charge in [0.25, 0.3) is 0 Å². The molecule has 0 aliphatic rings. The number of nitrogens with zero attached hydrogens (tertiary/aromatic N) is 2. The molecule has 27 heavy (non-hydrogen) atoms. The van der Waals surface area contributed by atoms with Gasteiger partial charge in [-0.15, -0.1) is 0 Å². The van der Waals surface area contributed by atoms with Crippen LogP contribution >= 0.6 is 0 Å². The standard InChI is InChI=1S/C21H24F2N2O2/c1-5-25(4)13-24-19-10-14(2)18(9-15(19)3)20(26)12-16-7-6-8-17(11-16)27-21(22)23/h6-11,13,21H,5,12H2,1-4H3. The molecule has 6 heteroatoms. The van der Waals surface area contributed by atoms with Gasteiger partial charge in [0.15, 0.2) is 5.78 Å². The lowest BCUT2D eigenvalue weighted by molar-refractivity contribution is -0.0498. The van der Waals surface area contributed by atoms with Crippen LogP contribution in [0.1, 0.15) is 34.0 Å². The van der Waals surface area contributed by atoms with Gasteiger partial charge in [-0.2, -0.15) is 8.78 Å². The molecule has 0 heterocycles. The summed E-state index contributed by atoms with van der Waals surface area (Å²) in [4.78, 5) is 19.1. The quantitative estimate of drug-likeness (QED) is 0.373. The molecule has 2 aromatic carbocycles. The first-order chi connectivity index (χ1) is 12.8. The highest BCUT2D eigenvalue weighted by Gasteiger charge is 2.13. The molecular formula is C21H24F2N2O2. The summed E-state index contributed by atoms with van der Waals surface area (Å²) in [5.41, 5.74) is 3.78. The zero-order chi connectivity index (χ0) is 20.0. The Bertz CT molecular complexity index is 835. The average Bonchev–Trinajstić information content (AvgIpc) is 2.61. The number of benzene rings is 2. The number of rotatable bonds is 8. The number of Topliss-reactive ketones (excluding diaryl/α,β-unsaturated/α-hetero) is 1. The normalized spacial score (nSPS) is 11.2. The molecule has 2 aromatic rings. The predicted octanol–water partition coefficient (Wildman–Crippen LogP) is 4.94. The van der Waals surface area contributed by atoms with Crippen LogP contribution in [0.25, 0.3) is 0 Å². The highest BCUT2D eigenvalue weighted by molar-refractivity contribution is 5.99. The summed E-state index contributed by atoms with van der Waals surface area (Å²) in [6.45, 7) is 3.78. The van der Waals surface area contributed by atoms with Crippen molar-refractivity contribution in [3.63, 3.8) is 0 Å². The maximum absolute atomic E-state index is 12.7. The van der Waals surface area contributed by atoms with Crippen molar-refractivity contribution in [3.8, 4) is 5.75 Å². The fraction of sp³-hybridized carbons (Fsp3) is 0.333. The van der Waals surface area contributed by atoms with E-state index >= 15 is 0 Å². The number of halogens is 2. The lowest BCUT2D eigenvalue weighted by Crippen LogP contribution is -2.14. The van der Waals surface area contributed by atoms with Gasteiger partial charge >= 0.3 is 6.61 Å². The van der Waals surface area contributed by atoms with E-state index in [0.29, 0.717) is 11.1 Å². The minimum Gasteiger partial charge on any atom is -0.435 e. The van der Waals surface area contributed by atoms with E-state index in [1.807, 2.05) is 44.9 Å². The molecule has 0 atom stereocenters. The molecular weight excluding hydrogens is 350 g/mol. The third-order valence-corrected chi connectivity index (χ3v) is 4.22. The Balaban J connectivity index is 2.19. The van der Waals surface area contributed by atoms with Crippen molar-refractivity contribution in [1.29, 1.82) is 0 Å². The Morgan fingerprint density at radius 3 is 2.63 bits per heavy atom. The first kappa shape index (κ1) is 20.6. The van der Waals surface area contributed by atoms with Crippen molar-refractivity contribution >= 4 is 17.8 Å². The molecule has 0 saturated carbocycles. The summed E-state index contributed by atoms with van der Waals surface area (Å²) in [7, 11) is 1.94. The van der Waals surface area contributed by atoms with Crippen LogP contribution in [-0.4, -0.2) is 37.2 Å². The lowest BCUT2D eigenvalue weighted by atomic mass is 9.96. The molecule has 0 fully saturated rings. The van der Waals surface area contributed by atoms with Crippen LogP contribution in [0.4, 0.5) is 14.5 Å². The summed E-state index contributed by atoms with van der Waals surface area (Å²) in [6, 6.07) is 9.94. The third kappa shape index (κ3) is 5.88. The number of aryl methyl sites for hydroxylation is 2. The van der Waals surface area contributed by atoms with Gasteiger partial charge in [-0.25, -0.2) is 4.99 Å². The summed E-state index contributed by atoms with van der Waals surface area (Å²) in [5.74, 6) is -0.0288. The van der Waals surface area contributed by atoms with Crippen LogP contribution in [0.2, 0.25) is 0 Å². The van der Waals surface area contributed by atoms with E-state index in [0.717, 1.165) is 23.4 Å². The van der Waals surface area contributed by atoms with Crippen molar-refractivity contribution in [2.24, 2.45) is 4.99 Å². The SMILES string of the molecule is CCN(C)C=Nc1cc(C)c(C(=O)Cc2cccc(OC(F)F)c2)cc1C. The van der Waals surface area contributed by atoms with Crippen LogP contribution in [0.3, 0.4) is 0 Å². The molecule has 0 N–H and O–H groups in total. The predicted molar refractivity (Wildman–Crippen MR) is 103 cm³/mol. The van der Waals surface area contributed by atoms with Crippen LogP contribution in [-0.2, 0) is 6.42 Å². The summed E-state index contributed by atoms with van der Waals surface area (Å²) >= 11 is 0.